The van der Waals surface area contributed by atoms with Gasteiger partial charge in [-0.15, -0.1) is 0 Å². The van der Waals surface area contributed by atoms with Gasteiger partial charge in [0.05, 0.1) is 24.9 Å². The van der Waals surface area contributed by atoms with E-state index in [0.717, 1.165) is 19.4 Å². The Balaban J connectivity index is 2.60. The van der Waals surface area contributed by atoms with Crippen LogP contribution in [-0.2, 0) is 14.2 Å². The van der Waals surface area contributed by atoms with Gasteiger partial charge in [-0.1, -0.05) is 13.8 Å². The Hall–Kier alpha value is -0.120. The van der Waals surface area contributed by atoms with E-state index in [0.29, 0.717) is 12.0 Å². The molecule has 3 heteroatoms. The minimum absolute atomic E-state index is 0.257. The van der Waals surface area contributed by atoms with Crippen LogP contribution >= 0.6 is 0 Å². The molecule has 1 rings (SSSR count). The molecule has 0 radical (unpaired) electrons. The van der Waals surface area contributed by atoms with Crippen molar-refractivity contribution in [2.24, 2.45) is 5.92 Å². The van der Waals surface area contributed by atoms with E-state index in [1.807, 2.05) is 0 Å². The molecule has 1 aliphatic heterocycles. The lowest BCUT2D eigenvalue weighted by Gasteiger charge is -2.29. The van der Waals surface area contributed by atoms with Crippen LogP contribution in [0.15, 0.2) is 0 Å². The van der Waals surface area contributed by atoms with Gasteiger partial charge in [-0.3, -0.25) is 0 Å². The molecule has 0 aromatic rings. The van der Waals surface area contributed by atoms with Crippen LogP contribution < -0.4 is 0 Å². The molecule has 1 heterocycles. The summed E-state index contributed by atoms with van der Waals surface area (Å²) in [6, 6.07) is 0. The van der Waals surface area contributed by atoms with Crippen LogP contribution in [0.5, 0.6) is 0 Å². The predicted octanol–water partition coefficient (Wildman–Crippen LogP) is 1.85. The van der Waals surface area contributed by atoms with Gasteiger partial charge in [0.2, 0.25) is 0 Å². The third-order valence-corrected chi connectivity index (χ3v) is 3.06. The molecule has 3 nitrogen and oxygen atoms in total. The zero-order valence-electron chi connectivity index (χ0n) is 9.66. The van der Waals surface area contributed by atoms with Gasteiger partial charge in [0.25, 0.3) is 0 Å². The van der Waals surface area contributed by atoms with Gasteiger partial charge in [0, 0.05) is 20.1 Å². The van der Waals surface area contributed by atoms with Crippen molar-refractivity contribution in [2.45, 2.75) is 45.0 Å². The standard InChI is InChI=1S/C11H22O3/c1-5-8(12-3)11(10-7-14-10)9(6-2)13-4/h8-11H,5-7H2,1-4H3. The second kappa shape index (κ2) is 5.69. The number of hydrogen-bond donors (Lipinski definition) is 0. The maximum Gasteiger partial charge on any atom is 0.0887 e. The summed E-state index contributed by atoms with van der Waals surface area (Å²) in [5.41, 5.74) is 0. The van der Waals surface area contributed by atoms with E-state index in [1.165, 1.54) is 0 Å². The lowest BCUT2D eigenvalue weighted by Crippen LogP contribution is -2.37. The van der Waals surface area contributed by atoms with Crippen molar-refractivity contribution in [3.63, 3.8) is 0 Å². The summed E-state index contributed by atoms with van der Waals surface area (Å²) < 4.78 is 16.4. The summed E-state index contributed by atoms with van der Waals surface area (Å²) in [4.78, 5) is 0. The maximum absolute atomic E-state index is 5.49. The van der Waals surface area contributed by atoms with Gasteiger partial charge in [0.15, 0.2) is 0 Å². The monoisotopic (exact) mass is 202 g/mol. The van der Waals surface area contributed by atoms with E-state index in [2.05, 4.69) is 13.8 Å². The summed E-state index contributed by atoms with van der Waals surface area (Å²) in [6.45, 7) is 5.16. The molecule has 3 atom stereocenters. The van der Waals surface area contributed by atoms with Gasteiger partial charge in [0.1, 0.15) is 0 Å². The first-order valence-electron chi connectivity index (χ1n) is 5.45. The molecule has 84 valence electrons. The molecular weight excluding hydrogens is 180 g/mol. The lowest BCUT2D eigenvalue weighted by atomic mass is 9.89. The van der Waals surface area contributed by atoms with Crippen LogP contribution in [0.3, 0.4) is 0 Å². The second-order valence-corrected chi connectivity index (χ2v) is 3.81. The SMILES string of the molecule is CCC(OC)C(C(CC)OC)C1CO1. The number of epoxide rings is 1. The average molecular weight is 202 g/mol. The molecule has 3 unspecified atom stereocenters. The molecule has 1 fully saturated rings. The van der Waals surface area contributed by atoms with E-state index >= 15 is 0 Å². The number of methoxy groups -OCH3 is 2. The van der Waals surface area contributed by atoms with Crippen LogP contribution in [0.2, 0.25) is 0 Å². The fraction of sp³-hybridized carbons (Fsp3) is 1.00. The maximum atomic E-state index is 5.49. The first-order valence-corrected chi connectivity index (χ1v) is 5.45. The van der Waals surface area contributed by atoms with Gasteiger partial charge in [-0.25, -0.2) is 0 Å². The summed E-state index contributed by atoms with van der Waals surface area (Å²) in [5.74, 6) is 0.389. The molecule has 0 aliphatic carbocycles. The van der Waals surface area contributed by atoms with Crippen LogP contribution in [0.25, 0.3) is 0 Å². The molecule has 0 spiro atoms. The Bertz CT molecular complexity index is 137. The Morgan fingerprint density at radius 2 is 1.57 bits per heavy atom. The van der Waals surface area contributed by atoms with E-state index in [-0.39, 0.29) is 12.2 Å². The smallest absolute Gasteiger partial charge is 0.0887 e. The van der Waals surface area contributed by atoms with E-state index in [4.69, 9.17) is 14.2 Å². The van der Waals surface area contributed by atoms with Crippen molar-refractivity contribution in [1.29, 1.82) is 0 Å². The molecule has 1 saturated heterocycles. The fourth-order valence-corrected chi connectivity index (χ4v) is 2.19. The normalized spacial score (nSPS) is 27.0. The zero-order valence-corrected chi connectivity index (χ0v) is 9.66. The molecule has 0 amide bonds. The summed E-state index contributed by atoms with van der Waals surface area (Å²) in [6.07, 6.45) is 2.89. The number of hydrogen-bond acceptors (Lipinski definition) is 3. The molecular formula is C11H22O3. The number of rotatable bonds is 7. The lowest BCUT2D eigenvalue weighted by molar-refractivity contribution is -0.0462. The van der Waals surface area contributed by atoms with E-state index < -0.39 is 0 Å². The summed E-state index contributed by atoms with van der Waals surface area (Å²) in [5, 5.41) is 0. The van der Waals surface area contributed by atoms with Gasteiger partial charge < -0.3 is 14.2 Å². The molecule has 0 aromatic carbocycles. The zero-order chi connectivity index (χ0) is 10.6. The highest BCUT2D eigenvalue weighted by Gasteiger charge is 2.42. The molecule has 14 heavy (non-hydrogen) atoms. The Morgan fingerprint density at radius 3 is 1.79 bits per heavy atom. The van der Waals surface area contributed by atoms with Gasteiger partial charge >= 0.3 is 0 Å². The minimum Gasteiger partial charge on any atom is -0.381 e. The van der Waals surface area contributed by atoms with Crippen molar-refractivity contribution in [1.82, 2.24) is 0 Å². The van der Waals surface area contributed by atoms with Crippen molar-refractivity contribution in [3.05, 3.63) is 0 Å². The largest absolute Gasteiger partial charge is 0.381 e. The van der Waals surface area contributed by atoms with Crippen LogP contribution in [0.4, 0.5) is 0 Å². The first-order chi connectivity index (χ1) is 6.78. The fourth-order valence-electron chi connectivity index (χ4n) is 2.19. The van der Waals surface area contributed by atoms with Crippen LogP contribution in [0.1, 0.15) is 26.7 Å². The Labute approximate surface area is 86.7 Å². The average Bonchev–Trinajstić information content (AvgIpc) is 3.02. The molecule has 1 aliphatic rings. The highest BCUT2D eigenvalue weighted by atomic mass is 16.6. The molecule has 0 bridgehead atoms. The van der Waals surface area contributed by atoms with Crippen molar-refractivity contribution in [3.8, 4) is 0 Å². The predicted molar refractivity (Wildman–Crippen MR) is 55.4 cm³/mol. The topological polar surface area (TPSA) is 31.0 Å². The minimum atomic E-state index is 0.257. The third kappa shape index (κ3) is 2.69. The number of ether oxygens (including phenoxy) is 3. The van der Waals surface area contributed by atoms with Gasteiger partial charge in [-0.05, 0) is 12.8 Å². The molecule has 0 N–H and O–H groups in total. The van der Waals surface area contributed by atoms with Crippen LogP contribution in [-0.4, -0.2) is 39.1 Å². The van der Waals surface area contributed by atoms with Crippen molar-refractivity contribution >= 4 is 0 Å². The first kappa shape index (κ1) is 12.0. The van der Waals surface area contributed by atoms with Gasteiger partial charge in [-0.2, -0.15) is 0 Å². The third-order valence-electron chi connectivity index (χ3n) is 3.06. The molecule has 0 saturated carbocycles. The summed E-state index contributed by atoms with van der Waals surface area (Å²) in [7, 11) is 3.54. The van der Waals surface area contributed by atoms with E-state index in [9.17, 15) is 0 Å². The Morgan fingerprint density at radius 1 is 1.14 bits per heavy atom. The van der Waals surface area contributed by atoms with E-state index in [1.54, 1.807) is 14.2 Å². The Kier molecular flexibility index (Phi) is 4.85. The molecule has 0 aromatic heterocycles. The summed E-state index contributed by atoms with van der Waals surface area (Å²) >= 11 is 0. The van der Waals surface area contributed by atoms with Crippen molar-refractivity contribution < 1.29 is 14.2 Å². The van der Waals surface area contributed by atoms with Crippen molar-refractivity contribution in [2.75, 3.05) is 20.8 Å². The highest BCUT2D eigenvalue weighted by molar-refractivity contribution is 4.89. The van der Waals surface area contributed by atoms with Crippen LogP contribution in [0, 0.1) is 5.92 Å². The highest BCUT2D eigenvalue weighted by Crippen LogP contribution is 2.31. The second-order valence-electron chi connectivity index (χ2n) is 3.81. The quantitative estimate of drug-likeness (QED) is 0.590.